The van der Waals surface area contributed by atoms with Crippen LogP contribution >= 0.6 is 0 Å². The molecule has 0 radical (unpaired) electrons. The number of hydrazone groups is 1. The van der Waals surface area contributed by atoms with Crippen LogP contribution in [0.2, 0.25) is 0 Å². The van der Waals surface area contributed by atoms with Crippen LogP contribution in [0.5, 0.6) is 0 Å². The molecule has 0 aromatic heterocycles. The highest BCUT2D eigenvalue weighted by atomic mass is 16.2. The molecule has 1 heterocycles. The number of benzene rings is 1. The molecule has 0 fully saturated rings. The second-order valence-electron chi connectivity index (χ2n) is 4.51. The minimum absolute atomic E-state index is 0.0159. The predicted octanol–water partition coefficient (Wildman–Crippen LogP) is 1.54. The average Bonchev–Trinajstić information content (AvgIpc) is 2.60. The molecule has 1 aromatic rings. The van der Waals surface area contributed by atoms with Crippen molar-refractivity contribution in [3.8, 4) is 0 Å². The van der Waals surface area contributed by atoms with Gasteiger partial charge >= 0.3 is 0 Å². The Hall–Kier alpha value is -1.68. The molecule has 1 aromatic carbocycles. The highest BCUT2D eigenvalue weighted by Crippen LogP contribution is 2.25. The van der Waals surface area contributed by atoms with Gasteiger partial charge in [0.1, 0.15) is 0 Å². The average molecular weight is 231 g/mol. The first-order chi connectivity index (χ1) is 8.09. The number of nitrogens with two attached hydrogens (primary N) is 1. The highest BCUT2D eigenvalue weighted by molar-refractivity contribution is 6.08. The third-order valence-corrected chi connectivity index (χ3v) is 2.77. The van der Waals surface area contributed by atoms with E-state index in [2.05, 4.69) is 5.10 Å². The van der Waals surface area contributed by atoms with Crippen LogP contribution in [0.1, 0.15) is 19.4 Å². The summed E-state index contributed by atoms with van der Waals surface area (Å²) in [6.45, 7) is 3.80. The fraction of sp³-hybridized carbons (Fsp3) is 0.385. The van der Waals surface area contributed by atoms with Crippen LogP contribution in [0.25, 0.3) is 0 Å². The van der Waals surface area contributed by atoms with Crippen molar-refractivity contribution in [1.29, 1.82) is 0 Å². The first kappa shape index (κ1) is 11.8. The lowest BCUT2D eigenvalue weighted by atomic mass is 10.0. The van der Waals surface area contributed by atoms with Gasteiger partial charge in [-0.2, -0.15) is 5.10 Å². The summed E-state index contributed by atoms with van der Waals surface area (Å²) in [6, 6.07) is 7.83. The number of amides is 1. The summed E-state index contributed by atoms with van der Waals surface area (Å²) in [5.74, 6) is -0.125. The van der Waals surface area contributed by atoms with E-state index in [1.54, 1.807) is 6.21 Å². The Balaban J connectivity index is 2.32. The molecule has 2 atom stereocenters. The molecule has 2 unspecified atom stereocenters. The zero-order chi connectivity index (χ0) is 12.4. The maximum atomic E-state index is 11.9. The molecular formula is C13H17N3O. The summed E-state index contributed by atoms with van der Waals surface area (Å²) in [6.07, 6.45) is 2.41. The number of rotatable bonds is 3. The molecule has 0 aliphatic carbocycles. The summed E-state index contributed by atoms with van der Waals surface area (Å²) in [7, 11) is 0. The smallest absolute Gasteiger partial charge is 0.255 e. The van der Waals surface area contributed by atoms with Gasteiger partial charge in [0.05, 0.1) is 11.6 Å². The normalized spacial score (nSPS) is 21.0. The molecule has 4 heteroatoms. The Morgan fingerprint density at radius 2 is 2.18 bits per heavy atom. The zero-order valence-corrected chi connectivity index (χ0v) is 10.1. The summed E-state index contributed by atoms with van der Waals surface area (Å²) < 4.78 is 0. The second kappa shape index (κ2) is 4.67. The quantitative estimate of drug-likeness (QED) is 0.858. The summed E-state index contributed by atoms with van der Waals surface area (Å²) >= 11 is 0. The molecule has 4 nitrogen and oxygen atoms in total. The van der Waals surface area contributed by atoms with Crippen molar-refractivity contribution in [2.45, 2.75) is 26.3 Å². The number of carbonyl (C=O) groups excluding carboxylic acids is 1. The first-order valence-electron chi connectivity index (χ1n) is 5.81. The van der Waals surface area contributed by atoms with Gasteiger partial charge in [-0.25, -0.2) is 5.01 Å². The molecule has 0 bridgehead atoms. The van der Waals surface area contributed by atoms with Crippen LogP contribution in [-0.4, -0.2) is 18.2 Å². The lowest BCUT2D eigenvalue weighted by molar-refractivity contribution is -0.119. The van der Waals surface area contributed by atoms with Gasteiger partial charge in [-0.1, -0.05) is 18.2 Å². The maximum absolute atomic E-state index is 11.9. The van der Waals surface area contributed by atoms with Crippen molar-refractivity contribution in [2.24, 2.45) is 16.8 Å². The van der Waals surface area contributed by atoms with Crippen LogP contribution in [0.15, 0.2) is 29.4 Å². The van der Waals surface area contributed by atoms with E-state index < -0.39 is 0 Å². The summed E-state index contributed by atoms with van der Waals surface area (Å²) in [4.78, 5) is 11.9. The second-order valence-corrected chi connectivity index (χ2v) is 4.51. The molecule has 0 saturated heterocycles. The summed E-state index contributed by atoms with van der Waals surface area (Å²) in [5.41, 5.74) is 7.71. The highest BCUT2D eigenvalue weighted by Gasteiger charge is 2.27. The standard InChI is InChI=1S/C13H17N3O/c1-9-8-15-16(13(9)17)12-6-4-3-5-11(12)7-10(2)14/h3-6,8-10H,7,14H2,1-2H3. The van der Waals surface area contributed by atoms with Gasteiger partial charge in [0.25, 0.3) is 5.91 Å². The van der Waals surface area contributed by atoms with Gasteiger partial charge in [0, 0.05) is 12.3 Å². The van der Waals surface area contributed by atoms with Crippen LogP contribution in [0.3, 0.4) is 0 Å². The van der Waals surface area contributed by atoms with Crippen molar-refractivity contribution < 1.29 is 4.79 Å². The van der Waals surface area contributed by atoms with Crippen molar-refractivity contribution in [1.82, 2.24) is 0 Å². The molecule has 2 rings (SSSR count). The van der Waals surface area contributed by atoms with Crippen LogP contribution in [-0.2, 0) is 11.2 Å². The number of para-hydroxylation sites is 1. The molecule has 90 valence electrons. The SMILES string of the molecule is CC(N)Cc1ccccc1N1N=CC(C)C1=O. The number of hydrogen-bond donors (Lipinski definition) is 1. The zero-order valence-electron chi connectivity index (χ0n) is 10.1. The van der Waals surface area contributed by atoms with E-state index in [-0.39, 0.29) is 17.9 Å². The van der Waals surface area contributed by atoms with E-state index in [0.29, 0.717) is 0 Å². The largest absolute Gasteiger partial charge is 0.328 e. The van der Waals surface area contributed by atoms with Crippen LogP contribution < -0.4 is 10.7 Å². The minimum atomic E-state index is -0.140. The molecule has 2 N–H and O–H groups in total. The molecule has 1 amide bonds. The first-order valence-corrected chi connectivity index (χ1v) is 5.81. The molecule has 0 spiro atoms. The van der Waals surface area contributed by atoms with Gasteiger partial charge in [-0.05, 0) is 31.9 Å². The van der Waals surface area contributed by atoms with Crippen LogP contribution in [0.4, 0.5) is 5.69 Å². The van der Waals surface area contributed by atoms with E-state index >= 15 is 0 Å². The van der Waals surface area contributed by atoms with Crippen molar-refractivity contribution in [3.63, 3.8) is 0 Å². The van der Waals surface area contributed by atoms with Gasteiger partial charge in [0.2, 0.25) is 0 Å². The topological polar surface area (TPSA) is 58.7 Å². The number of hydrogen-bond acceptors (Lipinski definition) is 3. The van der Waals surface area contributed by atoms with Crippen molar-refractivity contribution >= 4 is 17.8 Å². The van der Waals surface area contributed by atoms with Gasteiger partial charge in [0.15, 0.2) is 0 Å². The molecule has 0 saturated carbocycles. The number of carbonyl (C=O) groups is 1. The Labute approximate surface area is 101 Å². The Morgan fingerprint density at radius 3 is 2.76 bits per heavy atom. The molecule has 17 heavy (non-hydrogen) atoms. The molecule has 1 aliphatic heterocycles. The van der Waals surface area contributed by atoms with E-state index in [0.717, 1.165) is 17.7 Å². The molecular weight excluding hydrogens is 214 g/mol. The minimum Gasteiger partial charge on any atom is -0.328 e. The third-order valence-electron chi connectivity index (χ3n) is 2.77. The third kappa shape index (κ3) is 2.36. The predicted molar refractivity (Wildman–Crippen MR) is 68.9 cm³/mol. The number of nitrogens with zero attached hydrogens (tertiary/aromatic N) is 2. The number of anilines is 1. The fourth-order valence-electron chi connectivity index (χ4n) is 1.90. The summed E-state index contributed by atoms with van der Waals surface area (Å²) in [5, 5.41) is 5.63. The molecule has 1 aliphatic rings. The van der Waals surface area contributed by atoms with Crippen molar-refractivity contribution in [3.05, 3.63) is 29.8 Å². The lowest BCUT2D eigenvalue weighted by Crippen LogP contribution is -2.26. The van der Waals surface area contributed by atoms with E-state index in [1.165, 1.54) is 5.01 Å². The van der Waals surface area contributed by atoms with Gasteiger partial charge in [-0.3, -0.25) is 4.79 Å². The van der Waals surface area contributed by atoms with Gasteiger partial charge in [-0.15, -0.1) is 0 Å². The van der Waals surface area contributed by atoms with Gasteiger partial charge < -0.3 is 5.73 Å². The van der Waals surface area contributed by atoms with Crippen LogP contribution in [0, 0.1) is 5.92 Å². The Kier molecular flexibility index (Phi) is 3.24. The van der Waals surface area contributed by atoms with E-state index in [9.17, 15) is 4.79 Å². The van der Waals surface area contributed by atoms with E-state index in [4.69, 9.17) is 5.73 Å². The monoisotopic (exact) mass is 231 g/mol. The van der Waals surface area contributed by atoms with E-state index in [1.807, 2.05) is 38.1 Å². The Morgan fingerprint density at radius 1 is 1.47 bits per heavy atom. The Bertz CT molecular complexity index is 454. The van der Waals surface area contributed by atoms with Crippen molar-refractivity contribution in [2.75, 3.05) is 5.01 Å². The maximum Gasteiger partial charge on any atom is 0.255 e. The fourth-order valence-corrected chi connectivity index (χ4v) is 1.90. The lowest BCUT2D eigenvalue weighted by Gasteiger charge is -2.18.